The van der Waals surface area contributed by atoms with Gasteiger partial charge in [-0.05, 0) is 46.0 Å². The quantitative estimate of drug-likeness (QED) is 0.899. The molecule has 1 saturated heterocycles. The largest absolute Gasteiger partial charge is 0.329 e. The van der Waals surface area contributed by atoms with Gasteiger partial charge in [-0.2, -0.15) is 0 Å². The molecule has 2 N–H and O–H groups in total. The number of likely N-dealkylation sites (tertiary alicyclic amines) is 1. The van der Waals surface area contributed by atoms with Crippen molar-refractivity contribution in [2.24, 2.45) is 5.73 Å². The van der Waals surface area contributed by atoms with Crippen molar-refractivity contribution < 1.29 is 0 Å². The number of nitrogens with two attached hydrogens (primary N) is 1. The smallest absolute Gasteiger partial charge is 0.0359 e. The number of hydrogen-bond acceptors (Lipinski definition) is 3. The first-order chi connectivity index (χ1) is 9.07. The normalized spacial score (nSPS) is 28.8. The Morgan fingerprint density at radius 2 is 2.05 bits per heavy atom. The molecular formula is C16H27N3. The monoisotopic (exact) mass is 261 g/mol. The third-order valence-corrected chi connectivity index (χ3v) is 4.81. The van der Waals surface area contributed by atoms with Crippen LogP contribution in [0.3, 0.4) is 0 Å². The van der Waals surface area contributed by atoms with E-state index in [-0.39, 0.29) is 5.54 Å². The van der Waals surface area contributed by atoms with Crippen LogP contribution in [0.4, 0.5) is 0 Å². The number of benzene rings is 1. The van der Waals surface area contributed by atoms with E-state index in [1.807, 2.05) is 0 Å². The lowest BCUT2D eigenvalue weighted by molar-refractivity contribution is 0.0222. The summed E-state index contributed by atoms with van der Waals surface area (Å²) in [6.45, 7) is 5.17. The minimum absolute atomic E-state index is 0.155. The summed E-state index contributed by atoms with van der Waals surface area (Å²) < 4.78 is 0. The van der Waals surface area contributed by atoms with Crippen molar-refractivity contribution in [2.75, 3.05) is 27.2 Å². The maximum Gasteiger partial charge on any atom is 0.0359 e. The summed E-state index contributed by atoms with van der Waals surface area (Å²) >= 11 is 0. The Hall–Kier alpha value is -0.900. The average molecular weight is 261 g/mol. The highest BCUT2D eigenvalue weighted by atomic mass is 15.2. The zero-order valence-corrected chi connectivity index (χ0v) is 12.5. The SMILES string of the molecule is CC1CC(CN)(N(C)Cc2ccccc2)CCN1C. The van der Waals surface area contributed by atoms with Gasteiger partial charge in [0.2, 0.25) is 0 Å². The van der Waals surface area contributed by atoms with Crippen molar-refractivity contribution in [1.29, 1.82) is 0 Å². The lowest BCUT2D eigenvalue weighted by Crippen LogP contribution is -2.59. The predicted octanol–water partition coefficient (Wildman–Crippen LogP) is 1.93. The Morgan fingerprint density at radius 3 is 2.63 bits per heavy atom. The lowest BCUT2D eigenvalue weighted by atomic mass is 9.82. The molecule has 1 heterocycles. The maximum atomic E-state index is 6.14. The van der Waals surface area contributed by atoms with E-state index in [9.17, 15) is 0 Å². The van der Waals surface area contributed by atoms with Gasteiger partial charge in [0.25, 0.3) is 0 Å². The van der Waals surface area contributed by atoms with E-state index in [4.69, 9.17) is 5.73 Å². The van der Waals surface area contributed by atoms with Crippen LogP contribution in [0.2, 0.25) is 0 Å². The van der Waals surface area contributed by atoms with Crippen molar-refractivity contribution in [2.45, 2.75) is 37.9 Å². The molecule has 2 unspecified atom stereocenters. The summed E-state index contributed by atoms with van der Waals surface area (Å²) in [6.07, 6.45) is 2.32. The summed E-state index contributed by atoms with van der Waals surface area (Å²) in [4.78, 5) is 4.90. The molecule has 0 saturated carbocycles. The molecule has 0 aromatic heterocycles. The second-order valence-corrected chi connectivity index (χ2v) is 6.05. The third-order valence-electron chi connectivity index (χ3n) is 4.81. The molecule has 106 valence electrons. The van der Waals surface area contributed by atoms with Crippen LogP contribution in [-0.2, 0) is 6.54 Å². The standard InChI is InChI=1S/C16H27N3/c1-14-11-16(13-17,9-10-18(14)2)19(3)12-15-7-5-4-6-8-15/h4-8,14H,9-13,17H2,1-3H3. The fourth-order valence-corrected chi connectivity index (χ4v) is 3.13. The highest BCUT2D eigenvalue weighted by molar-refractivity contribution is 5.15. The van der Waals surface area contributed by atoms with Crippen LogP contribution in [-0.4, -0.2) is 48.6 Å². The van der Waals surface area contributed by atoms with Gasteiger partial charge in [0.05, 0.1) is 0 Å². The van der Waals surface area contributed by atoms with Gasteiger partial charge in [-0.1, -0.05) is 30.3 Å². The van der Waals surface area contributed by atoms with Crippen molar-refractivity contribution in [3.8, 4) is 0 Å². The molecule has 1 aliphatic heterocycles. The molecule has 3 heteroatoms. The van der Waals surface area contributed by atoms with Gasteiger partial charge in [-0.15, -0.1) is 0 Å². The highest BCUT2D eigenvalue weighted by Gasteiger charge is 2.39. The molecule has 1 aromatic rings. The van der Waals surface area contributed by atoms with E-state index in [0.29, 0.717) is 6.04 Å². The minimum atomic E-state index is 0.155. The van der Waals surface area contributed by atoms with Crippen molar-refractivity contribution in [3.05, 3.63) is 35.9 Å². The fraction of sp³-hybridized carbons (Fsp3) is 0.625. The predicted molar refractivity (Wildman–Crippen MR) is 81.0 cm³/mol. The summed E-state index contributed by atoms with van der Waals surface area (Å²) in [5.41, 5.74) is 7.66. The van der Waals surface area contributed by atoms with Crippen LogP contribution in [0.25, 0.3) is 0 Å². The summed E-state index contributed by atoms with van der Waals surface area (Å²) in [5.74, 6) is 0. The lowest BCUT2D eigenvalue weighted by Gasteiger charge is -2.49. The molecule has 1 fully saturated rings. The second kappa shape index (κ2) is 6.04. The van der Waals surface area contributed by atoms with Crippen LogP contribution in [0.1, 0.15) is 25.3 Å². The van der Waals surface area contributed by atoms with Crippen LogP contribution >= 0.6 is 0 Å². The van der Waals surface area contributed by atoms with Crippen LogP contribution in [0.5, 0.6) is 0 Å². The minimum Gasteiger partial charge on any atom is -0.329 e. The van der Waals surface area contributed by atoms with Crippen LogP contribution in [0.15, 0.2) is 30.3 Å². The van der Waals surface area contributed by atoms with Crippen LogP contribution < -0.4 is 5.73 Å². The first kappa shape index (κ1) is 14.5. The third kappa shape index (κ3) is 3.16. The van der Waals surface area contributed by atoms with Gasteiger partial charge in [0, 0.05) is 24.7 Å². The second-order valence-electron chi connectivity index (χ2n) is 6.05. The number of rotatable bonds is 4. The van der Waals surface area contributed by atoms with Gasteiger partial charge in [-0.3, -0.25) is 4.90 Å². The molecule has 0 radical (unpaired) electrons. The molecule has 0 aliphatic carbocycles. The number of hydrogen-bond donors (Lipinski definition) is 1. The average Bonchev–Trinajstić information content (AvgIpc) is 2.43. The first-order valence-corrected chi connectivity index (χ1v) is 7.23. The van der Waals surface area contributed by atoms with Gasteiger partial charge in [-0.25, -0.2) is 0 Å². The number of nitrogens with zero attached hydrogens (tertiary/aromatic N) is 2. The van der Waals surface area contributed by atoms with Gasteiger partial charge in [0.1, 0.15) is 0 Å². The Kier molecular flexibility index (Phi) is 4.61. The van der Waals surface area contributed by atoms with Crippen LogP contribution in [0, 0.1) is 0 Å². The van der Waals surface area contributed by atoms with E-state index >= 15 is 0 Å². The highest BCUT2D eigenvalue weighted by Crippen LogP contribution is 2.31. The molecule has 0 spiro atoms. The molecule has 19 heavy (non-hydrogen) atoms. The Bertz CT molecular complexity index is 392. The molecule has 0 amide bonds. The molecular weight excluding hydrogens is 234 g/mol. The zero-order valence-electron chi connectivity index (χ0n) is 12.5. The number of likely N-dealkylation sites (N-methyl/N-ethyl adjacent to an activating group) is 1. The van der Waals surface area contributed by atoms with Crippen molar-refractivity contribution in [3.63, 3.8) is 0 Å². The molecule has 3 nitrogen and oxygen atoms in total. The Morgan fingerprint density at radius 1 is 1.37 bits per heavy atom. The summed E-state index contributed by atoms with van der Waals surface area (Å²) in [6, 6.07) is 11.3. The molecule has 2 atom stereocenters. The molecule has 1 aliphatic rings. The summed E-state index contributed by atoms with van der Waals surface area (Å²) in [5, 5.41) is 0. The van der Waals surface area contributed by atoms with E-state index in [2.05, 4.69) is 61.2 Å². The Balaban J connectivity index is 2.08. The van der Waals surface area contributed by atoms with Crippen molar-refractivity contribution in [1.82, 2.24) is 9.80 Å². The van der Waals surface area contributed by atoms with Gasteiger partial charge in [0.15, 0.2) is 0 Å². The molecule has 2 rings (SSSR count). The summed E-state index contributed by atoms with van der Waals surface area (Å²) in [7, 11) is 4.43. The van der Waals surface area contributed by atoms with E-state index in [1.165, 1.54) is 5.56 Å². The van der Waals surface area contributed by atoms with E-state index in [0.717, 1.165) is 32.5 Å². The van der Waals surface area contributed by atoms with Crippen molar-refractivity contribution >= 4 is 0 Å². The van der Waals surface area contributed by atoms with Gasteiger partial charge >= 0.3 is 0 Å². The maximum absolute atomic E-state index is 6.14. The Labute approximate surface area is 117 Å². The first-order valence-electron chi connectivity index (χ1n) is 7.23. The number of piperidine rings is 1. The molecule has 1 aromatic carbocycles. The molecule has 0 bridgehead atoms. The fourth-order valence-electron chi connectivity index (χ4n) is 3.13. The van der Waals surface area contributed by atoms with E-state index in [1.54, 1.807) is 0 Å². The van der Waals surface area contributed by atoms with Gasteiger partial charge < -0.3 is 10.6 Å². The zero-order chi connectivity index (χ0) is 13.9. The topological polar surface area (TPSA) is 32.5 Å². The van der Waals surface area contributed by atoms with E-state index < -0.39 is 0 Å².